The first-order chi connectivity index (χ1) is 7.43. The molecule has 0 aromatic heterocycles. The monoisotopic (exact) mass is 226 g/mol. The van der Waals surface area contributed by atoms with Crippen LogP contribution >= 0.6 is 0 Å². The highest BCUT2D eigenvalue weighted by molar-refractivity contribution is 5.78. The van der Waals surface area contributed by atoms with Gasteiger partial charge in [-0.2, -0.15) is 0 Å². The van der Waals surface area contributed by atoms with Gasteiger partial charge in [-0.25, -0.2) is 4.79 Å². The maximum Gasteiger partial charge on any atom is 0.340 e. The third-order valence-corrected chi connectivity index (χ3v) is 2.36. The molecule has 0 aliphatic rings. The second-order valence-electron chi connectivity index (χ2n) is 3.45. The molecule has 0 fully saturated rings. The molecule has 1 rings (SSSR count). The van der Waals surface area contributed by atoms with E-state index in [1.807, 2.05) is 0 Å². The summed E-state index contributed by atoms with van der Waals surface area (Å²) < 4.78 is 10.0. The molecule has 0 saturated carbocycles. The highest BCUT2D eigenvalue weighted by Crippen LogP contribution is 2.32. The molecular weight excluding hydrogens is 212 g/mol. The Morgan fingerprint density at radius 1 is 1.25 bits per heavy atom. The molecule has 0 bridgehead atoms. The zero-order valence-electron chi connectivity index (χ0n) is 9.35. The summed E-state index contributed by atoms with van der Waals surface area (Å²) in [6.07, 6.45) is 0. The van der Waals surface area contributed by atoms with Crippen LogP contribution in [0.15, 0.2) is 18.2 Å². The van der Waals surface area contributed by atoms with E-state index in [9.17, 15) is 9.90 Å². The third kappa shape index (κ3) is 2.09. The van der Waals surface area contributed by atoms with Crippen LogP contribution in [-0.4, -0.2) is 30.4 Å². The summed E-state index contributed by atoms with van der Waals surface area (Å²) >= 11 is 0. The van der Waals surface area contributed by atoms with Gasteiger partial charge < -0.3 is 19.7 Å². The third-order valence-electron chi connectivity index (χ3n) is 2.36. The first kappa shape index (κ1) is 12.3. The predicted octanol–water partition coefficient (Wildman–Crippen LogP) is 0.996. The van der Waals surface area contributed by atoms with Gasteiger partial charge in [-0.1, -0.05) is 6.07 Å². The molecule has 16 heavy (non-hydrogen) atoms. The van der Waals surface area contributed by atoms with Crippen LogP contribution in [0.25, 0.3) is 0 Å². The molecule has 1 atom stereocenters. The van der Waals surface area contributed by atoms with Crippen LogP contribution in [0.1, 0.15) is 12.5 Å². The Morgan fingerprint density at radius 2 is 1.81 bits per heavy atom. The fourth-order valence-electron chi connectivity index (χ4n) is 1.26. The molecule has 1 unspecified atom stereocenters. The Balaban J connectivity index is 3.23. The maximum atomic E-state index is 10.9. The van der Waals surface area contributed by atoms with Crippen molar-refractivity contribution in [1.29, 1.82) is 0 Å². The minimum Gasteiger partial charge on any atom is -0.493 e. The standard InChI is InChI=1S/C11H14O5/c1-11(14,10(12)13)7-4-5-8(15-2)9(6-7)16-3/h4-6,14H,1-3H3,(H,12,13). The molecule has 0 saturated heterocycles. The number of aliphatic carboxylic acids is 1. The minimum absolute atomic E-state index is 0.234. The normalized spacial score (nSPS) is 14.0. The Kier molecular flexibility index (Phi) is 3.39. The van der Waals surface area contributed by atoms with Gasteiger partial charge in [0.1, 0.15) is 0 Å². The van der Waals surface area contributed by atoms with Gasteiger partial charge in [0.15, 0.2) is 17.1 Å². The van der Waals surface area contributed by atoms with Crippen molar-refractivity contribution in [3.63, 3.8) is 0 Å². The smallest absolute Gasteiger partial charge is 0.340 e. The van der Waals surface area contributed by atoms with E-state index in [0.29, 0.717) is 11.5 Å². The van der Waals surface area contributed by atoms with Crippen molar-refractivity contribution in [2.45, 2.75) is 12.5 Å². The quantitative estimate of drug-likeness (QED) is 0.800. The zero-order valence-corrected chi connectivity index (χ0v) is 9.35. The van der Waals surface area contributed by atoms with E-state index in [4.69, 9.17) is 14.6 Å². The number of benzene rings is 1. The lowest BCUT2D eigenvalue weighted by Crippen LogP contribution is -2.31. The van der Waals surface area contributed by atoms with E-state index >= 15 is 0 Å². The number of carboxylic acid groups (broad SMARTS) is 1. The van der Waals surface area contributed by atoms with Gasteiger partial charge in [0.2, 0.25) is 0 Å². The Morgan fingerprint density at radius 3 is 2.25 bits per heavy atom. The van der Waals surface area contributed by atoms with Gasteiger partial charge in [-0.05, 0) is 24.6 Å². The highest BCUT2D eigenvalue weighted by Gasteiger charge is 2.32. The van der Waals surface area contributed by atoms with Crippen LogP contribution in [0.5, 0.6) is 11.5 Å². The summed E-state index contributed by atoms with van der Waals surface area (Å²) in [6, 6.07) is 4.47. The highest BCUT2D eigenvalue weighted by atomic mass is 16.5. The van der Waals surface area contributed by atoms with E-state index < -0.39 is 11.6 Å². The first-order valence-electron chi connectivity index (χ1n) is 4.61. The zero-order chi connectivity index (χ0) is 12.3. The van der Waals surface area contributed by atoms with Gasteiger partial charge in [-0.3, -0.25) is 0 Å². The van der Waals surface area contributed by atoms with E-state index in [2.05, 4.69) is 0 Å². The lowest BCUT2D eigenvalue weighted by molar-refractivity contribution is -0.157. The number of hydrogen-bond acceptors (Lipinski definition) is 4. The van der Waals surface area contributed by atoms with Gasteiger partial charge in [0.25, 0.3) is 0 Å². The van der Waals surface area contributed by atoms with E-state index in [1.165, 1.54) is 33.3 Å². The first-order valence-corrected chi connectivity index (χ1v) is 4.61. The van der Waals surface area contributed by atoms with E-state index in [1.54, 1.807) is 6.07 Å². The average molecular weight is 226 g/mol. The van der Waals surface area contributed by atoms with Crippen molar-refractivity contribution in [3.05, 3.63) is 23.8 Å². The number of rotatable bonds is 4. The second-order valence-corrected chi connectivity index (χ2v) is 3.45. The maximum absolute atomic E-state index is 10.9. The minimum atomic E-state index is -1.94. The molecule has 1 aromatic rings. The summed E-state index contributed by atoms with van der Waals surface area (Å²) in [6.45, 7) is 1.20. The van der Waals surface area contributed by atoms with Crippen molar-refractivity contribution in [2.75, 3.05) is 14.2 Å². The van der Waals surface area contributed by atoms with Crippen molar-refractivity contribution >= 4 is 5.97 Å². The fourth-order valence-corrected chi connectivity index (χ4v) is 1.26. The molecule has 0 radical (unpaired) electrons. The lowest BCUT2D eigenvalue weighted by Gasteiger charge is -2.19. The largest absolute Gasteiger partial charge is 0.493 e. The summed E-state index contributed by atoms with van der Waals surface area (Å²) in [4.78, 5) is 10.9. The van der Waals surface area contributed by atoms with Crippen molar-refractivity contribution in [3.8, 4) is 11.5 Å². The molecule has 0 spiro atoms. The van der Waals surface area contributed by atoms with Crippen LogP contribution in [0.4, 0.5) is 0 Å². The van der Waals surface area contributed by atoms with Gasteiger partial charge in [0, 0.05) is 0 Å². The number of ether oxygens (including phenoxy) is 2. The molecule has 1 aromatic carbocycles. The van der Waals surface area contributed by atoms with Gasteiger partial charge in [-0.15, -0.1) is 0 Å². The fraction of sp³-hybridized carbons (Fsp3) is 0.364. The summed E-state index contributed by atoms with van der Waals surface area (Å²) in [5, 5.41) is 18.6. The van der Waals surface area contributed by atoms with Crippen molar-refractivity contribution in [1.82, 2.24) is 0 Å². The van der Waals surface area contributed by atoms with Crippen molar-refractivity contribution < 1.29 is 24.5 Å². The second kappa shape index (κ2) is 4.40. The number of hydrogen-bond donors (Lipinski definition) is 2. The van der Waals surface area contributed by atoms with Gasteiger partial charge in [0.05, 0.1) is 14.2 Å². The van der Waals surface area contributed by atoms with Crippen LogP contribution in [0.2, 0.25) is 0 Å². The molecular formula is C11H14O5. The molecule has 5 nitrogen and oxygen atoms in total. The SMILES string of the molecule is COc1ccc(C(C)(O)C(=O)O)cc1OC. The van der Waals surface area contributed by atoms with Crippen LogP contribution in [0, 0.1) is 0 Å². The van der Waals surface area contributed by atoms with Gasteiger partial charge >= 0.3 is 5.97 Å². The number of carbonyl (C=O) groups is 1. The number of aliphatic hydroxyl groups is 1. The van der Waals surface area contributed by atoms with Crippen molar-refractivity contribution in [2.24, 2.45) is 0 Å². The molecule has 5 heteroatoms. The van der Waals surface area contributed by atoms with Crippen LogP contribution in [-0.2, 0) is 10.4 Å². The topological polar surface area (TPSA) is 76.0 Å². The number of methoxy groups -OCH3 is 2. The molecule has 0 amide bonds. The Bertz CT molecular complexity index is 397. The molecule has 2 N–H and O–H groups in total. The Labute approximate surface area is 93.2 Å². The molecule has 0 heterocycles. The molecule has 0 aliphatic carbocycles. The Hall–Kier alpha value is -1.75. The van der Waals surface area contributed by atoms with Crippen LogP contribution < -0.4 is 9.47 Å². The molecule has 0 aliphatic heterocycles. The number of carboxylic acids is 1. The summed E-state index contributed by atoms with van der Waals surface area (Å²) in [5.74, 6) is -0.464. The predicted molar refractivity (Wildman–Crippen MR) is 56.8 cm³/mol. The van der Waals surface area contributed by atoms with E-state index in [0.717, 1.165) is 0 Å². The molecule has 88 valence electrons. The van der Waals surface area contributed by atoms with Crippen LogP contribution in [0.3, 0.4) is 0 Å². The summed E-state index contributed by atoms with van der Waals surface area (Å²) in [5.41, 5.74) is -1.71. The summed E-state index contributed by atoms with van der Waals surface area (Å²) in [7, 11) is 2.92. The average Bonchev–Trinajstić information content (AvgIpc) is 2.27. The van der Waals surface area contributed by atoms with E-state index in [-0.39, 0.29) is 5.56 Å². The lowest BCUT2D eigenvalue weighted by atomic mass is 9.96.